The van der Waals surface area contributed by atoms with Crippen LogP contribution in [0.3, 0.4) is 0 Å². The molecular formula is C66H50N2Si. The average molecular weight is 899 g/mol. The molecule has 0 fully saturated rings. The molecule has 3 heteroatoms. The number of benzene rings is 10. The van der Waals surface area contributed by atoms with Gasteiger partial charge in [0.25, 0.3) is 0 Å². The van der Waals surface area contributed by atoms with Crippen molar-refractivity contribution in [3.63, 3.8) is 0 Å². The lowest BCUT2D eigenvalue weighted by molar-refractivity contribution is 0.968. The minimum absolute atomic E-state index is 1.06. The summed E-state index contributed by atoms with van der Waals surface area (Å²) in [6.07, 6.45) is 6.76. The molecule has 1 aromatic heterocycles. The maximum absolute atomic E-state index is 2.75. The molecule has 10 aromatic carbocycles. The Hall–Kier alpha value is -8.50. The first-order chi connectivity index (χ1) is 34.3. The molecule has 0 atom stereocenters. The van der Waals surface area contributed by atoms with Gasteiger partial charge >= 0.3 is 0 Å². The van der Waals surface area contributed by atoms with E-state index in [2.05, 4.69) is 289 Å². The second-order valence-electron chi connectivity index (χ2n) is 17.9. The molecule has 0 saturated carbocycles. The zero-order valence-corrected chi connectivity index (χ0v) is 39.4. The Labute approximate surface area is 406 Å². The van der Waals surface area contributed by atoms with Crippen LogP contribution in [0.4, 0.5) is 17.1 Å². The molecule has 1 heterocycles. The van der Waals surface area contributed by atoms with Crippen LogP contribution in [0.2, 0.25) is 0 Å². The summed E-state index contributed by atoms with van der Waals surface area (Å²) in [5, 5.41) is 6.74. The van der Waals surface area contributed by atoms with Crippen molar-refractivity contribution in [3.8, 4) is 39.1 Å². The van der Waals surface area contributed by atoms with Crippen LogP contribution in [0.25, 0.3) is 56.0 Å². The van der Waals surface area contributed by atoms with Crippen LogP contribution in [-0.4, -0.2) is 12.6 Å². The van der Waals surface area contributed by atoms with Gasteiger partial charge in [0.05, 0.1) is 11.2 Å². The van der Waals surface area contributed by atoms with E-state index in [0.717, 1.165) is 35.5 Å². The largest absolute Gasteiger partial charge is 0.310 e. The Morgan fingerprint density at radius 3 is 1.55 bits per heavy atom. The molecule has 0 unspecified atom stereocenters. The van der Waals surface area contributed by atoms with Gasteiger partial charge in [-0.05, 0) is 122 Å². The van der Waals surface area contributed by atoms with E-state index < -0.39 is 8.07 Å². The summed E-state index contributed by atoms with van der Waals surface area (Å²) in [4.78, 5) is 2.46. The van der Waals surface area contributed by atoms with Crippen molar-refractivity contribution in [2.45, 2.75) is 12.8 Å². The standard InChI is InChI=1S/C66H50N2Si/c1-6-23-49(24-7-1)60-35-16-19-38-64(60)67(52-41-44-58(45-42-52)69(55-29-10-3-11-30-55,56-31-12-4-13-32-56)57-33-14-5-15-34-57)54-43-46-59(63(48-54)50-25-8-2-9-26-50)51-27-22-28-53(47-51)68-65-39-20-17-36-61(65)62-37-18-21-40-66(62)68/h1-17,19-36,38-48H,18,37H2. The van der Waals surface area contributed by atoms with Gasteiger partial charge in [-0.15, -0.1) is 0 Å². The van der Waals surface area contributed by atoms with Crippen LogP contribution >= 0.6 is 0 Å². The third kappa shape index (κ3) is 7.54. The summed E-state index contributed by atoms with van der Waals surface area (Å²) in [6.45, 7) is 0. The fourth-order valence-electron chi connectivity index (χ4n) is 10.9. The molecule has 0 N–H and O–H groups in total. The van der Waals surface area contributed by atoms with Crippen molar-refractivity contribution in [1.29, 1.82) is 0 Å². The normalized spacial score (nSPS) is 12.2. The number of para-hydroxylation sites is 2. The minimum Gasteiger partial charge on any atom is -0.310 e. The topological polar surface area (TPSA) is 8.17 Å². The number of hydrogen-bond acceptors (Lipinski definition) is 1. The van der Waals surface area contributed by atoms with E-state index in [-0.39, 0.29) is 0 Å². The van der Waals surface area contributed by atoms with Crippen LogP contribution < -0.4 is 25.6 Å². The highest BCUT2D eigenvalue weighted by Crippen LogP contribution is 2.44. The highest BCUT2D eigenvalue weighted by Gasteiger charge is 2.41. The van der Waals surface area contributed by atoms with Crippen molar-refractivity contribution < 1.29 is 0 Å². The smallest absolute Gasteiger partial charge is 0.179 e. The lowest BCUT2D eigenvalue weighted by Crippen LogP contribution is -2.74. The maximum atomic E-state index is 2.46. The number of aryl methyl sites for hydroxylation is 1. The third-order valence-electron chi connectivity index (χ3n) is 14.0. The van der Waals surface area contributed by atoms with Gasteiger partial charge in [-0.2, -0.15) is 0 Å². The maximum Gasteiger partial charge on any atom is 0.179 e. The molecular weight excluding hydrogens is 849 g/mol. The van der Waals surface area contributed by atoms with Gasteiger partial charge in [-0.1, -0.05) is 224 Å². The van der Waals surface area contributed by atoms with Crippen molar-refractivity contribution in [3.05, 3.63) is 284 Å². The Morgan fingerprint density at radius 1 is 0.377 bits per heavy atom. The predicted octanol–water partition coefficient (Wildman–Crippen LogP) is 14.4. The van der Waals surface area contributed by atoms with Gasteiger partial charge in [0.2, 0.25) is 0 Å². The summed E-state index contributed by atoms with van der Waals surface area (Å²) >= 11 is 0. The fourth-order valence-corrected chi connectivity index (χ4v) is 15.7. The van der Waals surface area contributed by atoms with Crippen molar-refractivity contribution >= 4 is 62.9 Å². The molecule has 0 aliphatic heterocycles. The summed E-state index contributed by atoms with van der Waals surface area (Å²) in [7, 11) is -2.75. The van der Waals surface area contributed by atoms with Gasteiger partial charge in [0.1, 0.15) is 0 Å². The molecule has 0 saturated heterocycles. The summed E-state index contributed by atoms with van der Waals surface area (Å²) in [5.74, 6) is 0. The van der Waals surface area contributed by atoms with Crippen molar-refractivity contribution in [1.82, 2.24) is 4.57 Å². The van der Waals surface area contributed by atoms with Crippen LogP contribution in [0.1, 0.15) is 17.7 Å². The third-order valence-corrected chi connectivity index (χ3v) is 18.8. The van der Waals surface area contributed by atoms with Crippen molar-refractivity contribution in [2.75, 3.05) is 4.90 Å². The highest BCUT2D eigenvalue weighted by molar-refractivity contribution is 7.19. The highest BCUT2D eigenvalue weighted by atomic mass is 28.3. The Balaban J connectivity index is 1.05. The number of nitrogens with zero attached hydrogens (tertiary/aromatic N) is 2. The van der Waals surface area contributed by atoms with Gasteiger partial charge in [0.15, 0.2) is 8.07 Å². The van der Waals surface area contributed by atoms with Gasteiger partial charge < -0.3 is 9.47 Å². The second-order valence-corrected chi connectivity index (χ2v) is 21.7. The van der Waals surface area contributed by atoms with Crippen LogP contribution in [0.5, 0.6) is 0 Å². The monoisotopic (exact) mass is 898 g/mol. The molecule has 0 amide bonds. The van der Waals surface area contributed by atoms with Gasteiger partial charge in [-0.3, -0.25) is 0 Å². The first-order valence-corrected chi connectivity index (χ1v) is 26.1. The molecule has 1 aliphatic rings. The van der Waals surface area contributed by atoms with Crippen molar-refractivity contribution in [2.24, 2.45) is 0 Å². The fraction of sp³-hybridized carbons (Fsp3) is 0.0303. The lowest BCUT2D eigenvalue weighted by Gasteiger charge is -2.35. The van der Waals surface area contributed by atoms with Crippen LogP contribution in [-0.2, 0) is 6.42 Å². The summed E-state index contributed by atoms with van der Waals surface area (Å²) < 4.78 is 2.46. The number of hydrogen-bond donors (Lipinski definition) is 0. The lowest BCUT2D eigenvalue weighted by atomic mass is 9.93. The van der Waals surface area contributed by atoms with Crippen LogP contribution in [0, 0.1) is 0 Å². The van der Waals surface area contributed by atoms with E-state index in [0.29, 0.717) is 0 Å². The number of rotatable bonds is 11. The number of allylic oxidation sites excluding steroid dienone is 1. The molecule has 0 radical (unpaired) electrons. The van der Waals surface area contributed by atoms with Gasteiger partial charge in [-0.25, -0.2) is 0 Å². The summed E-state index contributed by atoms with van der Waals surface area (Å²) in [5.41, 5.74) is 15.5. The Morgan fingerprint density at radius 2 is 0.899 bits per heavy atom. The van der Waals surface area contributed by atoms with E-state index in [1.165, 1.54) is 76.4 Å². The molecule has 0 bridgehead atoms. The first kappa shape index (κ1) is 41.9. The summed E-state index contributed by atoms with van der Waals surface area (Å²) in [6, 6.07) is 98.6. The van der Waals surface area contributed by atoms with E-state index in [1.807, 2.05) is 0 Å². The van der Waals surface area contributed by atoms with Crippen LogP contribution in [0.15, 0.2) is 273 Å². The zero-order valence-electron chi connectivity index (χ0n) is 38.4. The second kappa shape index (κ2) is 18.3. The Kier molecular flexibility index (Phi) is 11.1. The Bertz CT molecular complexity index is 3490. The molecule has 328 valence electrons. The molecule has 69 heavy (non-hydrogen) atoms. The first-order valence-electron chi connectivity index (χ1n) is 24.1. The number of anilines is 3. The zero-order chi connectivity index (χ0) is 46.0. The molecule has 12 rings (SSSR count). The molecule has 0 spiro atoms. The SMILES string of the molecule is C1=Cc2c(c3ccccc3n2-c2cccc(-c3ccc(N(c4ccc([Si](c5ccccc5)(c5ccccc5)c5ccccc5)cc4)c4ccccc4-c4ccccc4)cc3-c3ccccc3)c2)CC1. The number of fused-ring (bicyclic) bond motifs is 3. The van der Waals surface area contributed by atoms with Gasteiger partial charge in [0, 0.05) is 33.7 Å². The van der Waals surface area contributed by atoms with E-state index in [4.69, 9.17) is 0 Å². The van der Waals surface area contributed by atoms with E-state index >= 15 is 0 Å². The number of aromatic nitrogens is 1. The molecule has 2 nitrogen and oxygen atoms in total. The predicted molar refractivity (Wildman–Crippen MR) is 295 cm³/mol. The minimum atomic E-state index is -2.75. The molecule has 1 aliphatic carbocycles. The average Bonchev–Trinajstić information content (AvgIpc) is 3.78. The molecule has 11 aromatic rings. The quantitative estimate of drug-likeness (QED) is 0.0928. The van der Waals surface area contributed by atoms with E-state index in [1.54, 1.807) is 0 Å². The van der Waals surface area contributed by atoms with E-state index in [9.17, 15) is 0 Å².